The van der Waals surface area contributed by atoms with Crippen molar-refractivity contribution >= 4 is 5.78 Å². The van der Waals surface area contributed by atoms with Gasteiger partial charge in [0.1, 0.15) is 5.78 Å². The number of carbonyl (C=O) groups excluding carboxylic acids is 1. The Morgan fingerprint density at radius 1 is 1.25 bits per heavy atom. The number of hydrogen-bond acceptors (Lipinski definition) is 3. The van der Waals surface area contributed by atoms with Gasteiger partial charge in [0.2, 0.25) is 0 Å². The van der Waals surface area contributed by atoms with Crippen molar-refractivity contribution in [1.29, 1.82) is 0 Å². The zero-order chi connectivity index (χ0) is 11.7. The minimum absolute atomic E-state index is 0.448. The smallest absolute Gasteiger partial charge is 0.135 e. The number of Topliss-reactive ketones (excluding diaryl/α,β-unsaturated/α-hetero) is 1. The van der Waals surface area contributed by atoms with E-state index >= 15 is 0 Å². The summed E-state index contributed by atoms with van der Waals surface area (Å²) in [5.41, 5.74) is 0. The maximum atomic E-state index is 11.4. The SMILES string of the molecule is CC1CN(C)CCC1N1CCC(=O)CC1C. The highest BCUT2D eigenvalue weighted by Crippen LogP contribution is 2.26. The third-order valence-electron chi connectivity index (χ3n) is 4.23. The normalized spacial score (nSPS) is 38.9. The summed E-state index contributed by atoms with van der Waals surface area (Å²) in [4.78, 5) is 16.4. The first-order chi connectivity index (χ1) is 7.58. The van der Waals surface area contributed by atoms with E-state index in [0.29, 0.717) is 17.9 Å². The van der Waals surface area contributed by atoms with E-state index in [1.54, 1.807) is 0 Å². The van der Waals surface area contributed by atoms with Gasteiger partial charge < -0.3 is 4.90 Å². The van der Waals surface area contributed by atoms with Crippen molar-refractivity contribution in [3.63, 3.8) is 0 Å². The highest BCUT2D eigenvalue weighted by atomic mass is 16.1. The molecule has 0 amide bonds. The molecule has 0 aromatic carbocycles. The summed E-state index contributed by atoms with van der Waals surface area (Å²) < 4.78 is 0. The number of nitrogens with zero attached hydrogens (tertiary/aromatic N) is 2. The Kier molecular flexibility index (Phi) is 3.65. The van der Waals surface area contributed by atoms with Crippen LogP contribution in [0.15, 0.2) is 0 Å². The van der Waals surface area contributed by atoms with Crippen LogP contribution in [0, 0.1) is 5.92 Å². The van der Waals surface area contributed by atoms with Crippen LogP contribution in [0.25, 0.3) is 0 Å². The predicted octanol–water partition coefficient (Wildman–Crippen LogP) is 1.38. The number of carbonyl (C=O) groups is 1. The first-order valence-corrected chi connectivity index (χ1v) is 6.54. The lowest BCUT2D eigenvalue weighted by molar-refractivity contribution is -0.124. The van der Waals surface area contributed by atoms with Crippen LogP contribution in [0.5, 0.6) is 0 Å². The molecule has 2 rings (SSSR count). The van der Waals surface area contributed by atoms with Crippen LogP contribution in [-0.2, 0) is 4.79 Å². The first-order valence-electron chi connectivity index (χ1n) is 6.54. The van der Waals surface area contributed by atoms with Crippen molar-refractivity contribution < 1.29 is 4.79 Å². The van der Waals surface area contributed by atoms with Gasteiger partial charge in [0.05, 0.1) is 0 Å². The van der Waals surface area contributed by atoms with Crippen LogP contribution in [0.4, 0.5) is 0 Å². The van der Waals surface area contributed by atoms with Gasteiger partial charge in [0, 0.05) is 38.0 Å². The molecular formula is C13H24N2O. The Morgan fingerprint density at radius 2 is 2.00 bits per heavy atom. The number of hydrogen-bond donors (Lipinski definition) is 0. The van der Waals surface area contributed by atoms with E-state index in [9.17, 15) is 4.79 Å². The molecule has 0 saturated carbocycles. The Labute approximate surface area is 98.8 Å². The van der Waals surface area contributed by atoms with Crippen molar-refractivity contribution in [1.82, 2.24) is 9.80 Å². The molecule has 0 bridgehead atoms. The molecule has 3 atom stereocenters. The molecule has 0 aromatic rings. The molecule has 2 fully saturated rings. The summed E-state index contributed by atoms with van der Waals surface area (Å²) in [6.07, 6.45) is 2.79. The monoisotopic (exact) mass is 224 g/mol. The van der Waals surface area contributed by atoms with Gasteiger partial charge in [-0.15, -0.1) is 0 Å². The zero-order valence-electron chi connectivity index (χ0n) is 10.8. The molecule has 2 aliphatic rings. The highest BCUT2D eigenvalue weighted by molar-refractivity contribution is 5.79. The fourth-order valence-corrected chi connectivity index (χ4v) is 3.35. The van der Waals surface area contributed by atoms with Gasteiger partial charge in [0.25, 0.3) is 0 Å². The fraction of sp³-hybridized carbons (Fsp3) is 0.923. The van der Waals surface area contributed by atoms with Gasteiger partial charge in [0.15, 0.2) is 0 Å². The summed E-state index contributed by atoms with van der Waals surface area (Å²) in [5, 5.41) is 0. The van der Waals surface area contributed by atoms with Crippen molar-refractivity contribution in [2.45, 2.75) is 45.2 Å². The summed E-state index contributed by atoms with van der Waals surface area (Å²) in [6.45, 7) is 7.94. The van der Waals surface area contributed by atoms with Gasteiger partial charge in [-0.25, -0.2) is 0 Å². The van der Waals surface area contributed by atoms with Crippen LogP contribution >= 0.6 is 0 Å². The highest BCUT2D eigenvalue weighted by Gasteiger charge is 2.34. The summed E-state index contributed by atoms with van der Waals surface area (Å²) >= 11 is 0. The Hall–Kier alpha value is -0.410. The molecule has 2 saturated heterocycles. The van der Waals surface area contributed by atoms with E-state index in [-0.39, 0.29) is 0 Å². The van der Waals surface area contributed by atoms with Crippen molar-refractivity contribution in [2.75, 3.05) is 26.7 Å². The molecule has 2 aliphatic heterocycles. The largest absolute Gasteiger partial charge is 0.306 e. The van der Waals surface area contributed by atoms with Gasteiger partial charge >= 0.3 is 0 Å². The minimum atomic E-state index is 0.448. The number of ketones is 1. The topological polar surface area (TPSA) is 23.6 Å². The molecule has 0 N–H and O–H groups in total. The quantitative estimate of drug-likeness (QED) is 0.672. The third kappa shape index (κ3) is 2.46. The van der Waals surface area contributed by atoms with E-state index in [4.69, 9.17) is 0 Å². The third-order valence-corrected chi connectivity index (χ3v) is 4.23. The van der Waals surface area contributed by atoms with Crippen LogP contribution in [-0.4, -0.2) is 54.3 Å². The lowest BCUT2D eigenvalue weighted by Crippen LogP contribution is -2.54. The molecule has 3 unspecified atom stereocenters. The van der Waals surface area contributed by atoms with E-state index < -0.39 is 0 Å². The summed E-state index contributed by atoms with van der Waals surface area (Å²) in [6, 6.07) is 1.15. The molecule has 2 heterocycles. The summed E-state index contributed by atoms with van der Waals surface area (Å²) in [5.74, 6) is 1.18. The standard InChI is InChI=1S/C13H24N2O/c1-10-9-14(3)6-5-13(10)15-7-4-12(16)8-11(15)2/h10-11,13H,4-9H2,1-3H3. The van der Waals surface area contributed by atoms with Gasteiger partial charge in [-0.05, 0) is 32.9 Å². The maximum absolute atomic E-state index is 11.4. The van der Waals surface area contributed by atoms with Gasteiger partial charge in [-0.1, -0.05) is 6.92 Å². The number of piperidine rings is 2. The number of likely N-dealkylation sites (tertiary alicyclic amines) is 2. The van der Waals surface area contributed by atoms with Gasteiger partial charge in [-0.3, -0.25) is 9.69 Å². The molecule has 0 radical (unpaired) electrons. The van der Waals surface area contributed by atoms with E-state index in [0.717, 1.165) is 25.3 Å². The average Bonchev–Trinajstić information content (AvgIpc) is 2.19. The fourth-order valence-electron chi connectivity index (χ4n) is 3.35. The lowest BCUT2D eigenvalue weighted by atomic mass is 9.89. The molecule has 92 valence electrons. The first kappa shape index (κ1) is 12.1. The van der Waals surface area contributed by atoms with E-state index in [2.05, 4.69) is 30.7 Å². The van der Waals surface area contributed by atoms with Crippen molar-refractivity contribution in [3.05, 3.63) is 0 Å². The zero-order valence-corrected chi connectivity index (χ0v) is 10.8. The van der Waals surface area contributed by atoms with Crippen molar-refractivity contribution in [3.8, 4) is 0 Å². The van der Waals surface area contributed by atoms with E-state index in [1.807, 2.05) is 0 Å². The Balaban J connectivity index is 1.98. The molecule has 16 heavy (non-hydrogen) atoms. The Bertz CT molecular complexity index is 267. The lowest BCUT2D eigenvalue weighted by Gasteiger charge is -2.45. The summed E-state index contributed by atoms with van der Waals surface area (Å²) in [7, 11) is 2.20. The molecule has 3 nitrogen and oxygen atoms in total. The molecule has 0 aromatic heterocycles. The minimum Gasteiger partial charge on any atom is -0.306 e. The predicted molar refractivity (Wildman–Crippen MR) is 65.5 cm³/mol. The number of rotatable bonds is 1. The second-order valence-electron chi connectivity index (χ2n) is 5.68. The average molecular weight is 224 g/mol. The Morgan fingerprint density at radius 3 is 2.62 bits per heavy atom. The second-order valence-corrected chi connectivity index (χ2v) is 5.68. The van der Waals surface area contributed by atoms with Crippen LogP contribution in [0.1, 0.15) is 33.1 Å². The van der Waals surface area contributed by atoms with Crippen molar-refractivity contribution in [2.24, 2.45) is 5.92 Å². The maximum Gasteiger partial charge on any atom is 0.135 e. The second kappa shape index (κ2) is 4.84. The molecular weight excluding hydrogens is 200 g/mol. The van der Waals surface area contributed by atoms with Gasteiger partial charge in [-0.2, -0.15) is 0 Å². The molecule has 3 heteroatoms. The molecule has 0 spiro atoms. The van der Waals surface area contributed by atoms with Crippen LogP contribution in [0.3, 0.4) is 0 Å². The van der Waals surface area contributed by atoms with Crippen LogP contribution in [0.2, 0.25) is 0 Å². The van der Waals surface area contributed by atoms with E-state index in [1.165, 1.54) is 19.5 Å². The molecule has 0 aliphatic carbocycles. The van der Waals surface area contributed by atoms with Crippen LogP contribution < -0.4 is 0 Å².